The predicted octanol–water partition coefficient (Wildman–Crippen LogP) is 3.97. The Morgan fingerprint density at radius 3 is 0.600 bits per heavy atom. The van der Waals surface area contributed by atoms with E-state index >= 15 is 0 Å². The Hall–Kier alpha value is 0.0888. The van der Waals surface area contributed by atoms with Crippen LogP contribution in [0.5, 0.6) is 0 Å². The summed E-state index contributed by atoms with van der Waals surface area (Å²) in [5, 5.41) is 8.56. The van der Waals surface area contributed by atoms with E-state index in [1.54, 1.807) is 0 Å². The van der Waals surface area contributed by atoms with Gasteiger partial charge in [0.05, 0.1) is 0 Å². The molecule has 0 rings (SSSR count). The van der Waals surface area contributed by atoms with Crippen molar-refractivity contribution in [1.82, 2.24) is 0 Å². The van der Waals surface area contributed by atoms with Crippen molar-refractivity contribution in [2.24, 2.45) is 0 Å². The van der Waals surface area contributed by atoms with Gasteiger partial charge in [0.1, 0.15) is 0 Å². The zero-order chi connectivity index (χ0) is 11.7. The van der Waals surface area contributed by atoms with Crippen LogP contribution in [0.15, 0.2) is 0 Å². The first kappa shape index (κ1) is 20.5. The first-order valence-corrected chi connectivity index (χ1v) is 5.65. The third-order valence-corrected chi connectivity index (χ3v) is 1.19. The Morgan fingerprint density at radius 2 is 0.600 bits per heavy atom. The van der Waals surface area contributed by atoms with Crippen LogP contribution in [0.3, 0.4) is 0 Å². The van der Waals surface area contributed by atoms with Gasteiger partial charge >= 0.3 is 10.1 Å². The average Bonchev–Trinajstić information content (AvgIpc) is 1.79. The quantitative estimate of drug-likeness (QED) is 0.627. The third kappa shape index (κ3) is 31.5. The third-order valence-electron chi connectivity index (χ3n) is 1.19. The molecule has 0 aliphatic rings. The van der Waals surface area contributed by atoms with Gasteiger partial charge in [-0.05, 0) is 0 Å². The summed E-state index contributed by atoms with van der Waals surface area (Å²) >= 11 is 0. The Morgan fingerprint density at radius 1 is 0.467 bits per heavy atom. The van der Waals surface area contributed by atoms with Crippen molar-refractivity contribution < 1.29 is 0 Å². The Bertz CT molecular complexity index is 86.2. The van der Waals surface area contributed by atoms with Gasteiger partial charge in [-0.15, -0.1) is 24.2 Å². The van der Waals surface area contributed by atoms with Crippen molar-refractivity contribution >= 4 is 10.1 Å². The van der Waals surface area contributed by atoms with Gasteiger partial charge in [0.15, 0.2) is 0 Å². The Kier molecular flexibility index (Phi) is 16.6. The number of hydrogen-bond acceptors (Lipinski definition) is 0. The second-order valence-electron chi connectivity index (χ2n) is 4.67. The van der Waals surface area contributed by atoms with E-state index in [1.807, 2.05) is 0 Å². The minimum atomic E-state index is 0. The SMILES string of the molecule is CC(C)[N-]C(C)C.CC(C)[N-]C(C)C.[Be+2]. The number of rotatable bonds is 4. The minimum absolute atomic E-state index is 0. The van der Waals surface area contributed by atoms with E-state index in [9.17, 15) is 0 Å². The zero-order valence-corrected chi connectivity index (χ0v) is 11.9. The van der Waals surface area contributed by atoms with E-state index in [-0.39, 0.29) is 10.1 Å². The van der Waals surface area contributed by atoms with Crippen LogP contribution in [0.4, 0.5) is 0 Å². The average molecular weight is 209 g/mol. The van der Waals surface area contributed by atoms with Crippen LogP contribution >= 0.6 is 0 Å². The molecule has 0 unspecified atom stereocenters. The molecule has 0 atom stereocenters. The second kappa shape index (κ2) is 12.2. The topological polar surface area (TPSA) is 28.2 Å². The molecule has 0 saturated carbocycles. The molecule has 15 heavy (non-hydrogen) atoms. The van der Waals surface area contributed by atoms with Crippen molar-refractivity contribution in [1.29, 1.82) is 0 Å². The van der Waals surface area contributed by atoms with E-state index in [4.69, 9.17) is 0 Å². The zero-order valence-electron chi connectivity index (χ0n) is 11.9. The Labute approximate surface area is 101 Å². The molecule has 88 valence electrons. The van der Waals surface area contributed by atoms with Gasteiger partial charge in [0.25, 0.3) is 0 Å². The smallest absolute Gasteiger partial charge is 0.658 e. The van der Waals surface area contributed by atoms with Crippen molar-refractivity contribution in [3.05, 3.63) is 10.6 Å². The Balaban J connectivity index is -0.000000180. The summed E-state index contributed by atoms with van der Waals surface area (Å²) in [4.78, 5) is 0. The van der Waals surface area contributed by atoms with Gasteiger partial charge in [-0.3, -0.25) is 0 Å². The van der Waals surface area contributed by atoms with Crippen molar-refractivity contribution in [3.8, 4) is 0 Å². The first-order valence-electron chi connectivity index (χ1n) is 5.65. The summed E-state index contributed by atoms with van der Waals surface area (Å²) in [7, 11) is 0. The molecular weight excluding hydrogens is 181 g/mol. The monoisotopic (exact) mass is 209 g/mol. The summed E-state index contributed by atoms with van der Waals surface area (Å²) in [5.41, 5.74) is 0. The van der Waals surface area contributed by atoms with Gasteiger partial charge in [0, 0.05) is 0 Å². The fourth-order valence-electron chi connectivity index (χ4n) is 1.19. The van der Waals surface area contributed by atoms with Gasteiger partial charge in [0.2, 0.25) is 0 Å². The maximum Gasteiger partial charge on any atom is 2.00 e. The molecule has 0 aromatic rings. The van der Waals surface area contributed by atoms with Gasteiger partial charge in [-0.2, -0.15) is 0 Å². The van der Waals surface area contributed by atoms with Gasteiger partial charge in [-0.1, -0.05) is 55.4 Å². The molecule has 0 spiro atoms. The second-order valence-corrected chi connectivity index (χ2v) is 4.67. The molecule has 0 radical (unpaired) electrons. The largest absolute Gasteiger partial charge is 2.00 e. The maximum atomic E-state index is 4.28. The number of nitrogens with zero attached hydrogens (tertiary/aromatic N) is 2. The van der Waals surface area contributed by atoms with E-state index in [0.29, 0.717) is 24.2 Å². The van der Waals surface area contributed by atoms with Crippen molar-refractivity contribution in [2.45, 2.75) is 79.6 Å². The molecule has 0 saturated heterocycles. The summed E-state index contributed by atoms with van der Waals surface area (Å²) in [6.07, 6.45) is 0. The molecule has 0 fully saturated rings. The van der Waals surface area contributed by atoms with Crippen LogP contribution in [-0.4, -0.2) is 34.3 Å². The van der Waals surface area contributed by atoms with E-state index in [2.05, 4.69) is 66.0 Å². The molecule has 2 nitrogen and oxygen atoms in total. The molecule has 0 amide bonds. The van der Waals surface area contributed by atoms with E-state index in [1.165, 1.54) is 0 Å². The van der Waals surface area contributed by atoms with E-state index in [0.717, 1.165) is 0 Å². The summed E-state index contributed by atoms with van der Waals surface area (Å²) < 4.78 is 0. The molecule has 3 heteroatoms. The molecule has 0 aromatic carbocycles. The molecule has 0 bridgehead atoms. The summed E-state index contributed by atoms with van der Waals surface area (Å²) in [6.45, 7) is 16.8. The fourth-order valence-corrected chi connectivity index (χ4v) is 1.19. The van der Waals surface area contributed by atoms with Crippen LogP contribution in [-0.2, 0) is 0 Å². The number of hydrogen-bond donors (Lipinski definition) is 0. The predicted molar refractivity (Wildman–Crippen MR) is 73.0 cm³/mol. The fraction of sp³-hybridized carbons (Fsp3) is 1.00. The van der Waals surface area contributed by atoms with Crippen LogP contribution in [0.2, 0.25) is 0 Å². The summed E-state index contributed by atoms with van der Waals surface area (Å²) in [6, 6.07) is 2.00. The first-order chi connectivity index (χ1) is 6.25. The van der Waals surface area contributed by atoms with Crippen LogP contribution < -0.4 is 0 Å². The van der Waals surface area contributed by atoms with Crippen molar-refractivity contribution in [2.75, 3.05) is 0 Å². The van der Waals surface area contributed by atoms with Crippen molar-refractivity contribution in [3.63, 3.8) is 0 Å². The normalized spacial score (nSPS) is 10.4. The standard InChI is InChI=1S/2C6H14N.Be/c2*1-5(2)7-6(3)4;/h2*5-6H,1-4H3;/q2*-1;+2. The van der Waals surface area contributed by atoms with E-state index < -0.39 is 0 Å². The molecule has 0 heterocycles. The molecule has 0 N–H and O–H groups in total. The molecular formula is C12H28BeN2. The van der Waals surface area contributed by atoms with Crippen LogP contribution in [0.1, 0.15) is 55.4 Å². The van der Waals surface area contributed by atoms with Gasteiger partial charge < -0.3 is 10.6 Å². The van der Waals surface area contributed by atoms with Crippen LogP contribution in [0.25, 0.3) is 10.6 Å². The molecule has 0 aromatic heterocycles. The molecule has 0 aliphatic carbocycles. The van der Waals surface area contributed by atoms with Gasteiger partial charge in [-0.25, -0.2) is 0 Å². The van der Waals surface area contributed by atoms with Crippen LogP contribution in [0, 0.1) is 0 Å². The minimum Gasteiger partial charge on any atom is -0.658 e. The summed E-state index contributed by atoms with van der Waals surface area (Å²) in [5.74, 6) is 0. The maximum absolute atomic E-state index is 4.28. The molecule has 0 aliphatic heterocycles.